The van der Waals surface area contributed by atoms with Crippen LogP contribution in [0.25, 0.3) is 0 Å². The summed E-state index contributed by atoms with van der Waals surface area (Å²) in [4.78, 5) is 21.7. The third kappa shape index (κ3) is 4.27. The molecule has 28 heavy (non-hydrogen) atoms. The highest BCUT2D eigenvalue weighted by atomic mass is 19.1. The summed E-state index contributed by atoms with van der Waals surface area (Å²) in [5.41, 5.74) is 2.21. The molecule has 0 N–H and O–H groups in total. The number of carbonyl (C=O) groups excluding carboxylic acids is 1. The number of hydrogen-bond donors (Lipinski definition) is 0. The average molecular weight is 384 g/mol. The third-order valence-corrected chi connectivity index (χ3v) is 5.92. The fourth-order valence-electron chi connectivity index (χ4n) is 4.11. The number of benzene rings is 1. The fraction of sp³-hybridized carbons (Fsp3) is 0.545. The van der Waals surface area contributed by atoms with Gasteiger partial charge in [0.15, 0.2) is 0 Å². The smallest absolute Gasteiger partial charge is 0.224 e. The van der Waals surface area contributed by atoms with E-state index < -0.39 is 0 Å². The Morgan fingerprint density at radius 2 is 1.93 bits per heavy atom. The Morgan fingerprint density at radius 3 is 2.61 bits per heavy atom. The standard InChI is InChI=1S/C22H29FN4O/c1-16(2)21-14-25(13-20-11-24-15-27(20)19-7-8-19)10-9-22(28)26(21)12-17-3-5-18(23)6-4-17/h3-6,11,15-16,19,21H,7-10,12-14H2,1-2H3. The van der Waals surface area contributed by atoms with E-state index >= 15 is 0 Å². The first-order valence-corrected chi connectivity index (χ1v) is 10.3. The van der Waals surface area contributed by atoms with Crippen LogP contribution >= 0.6 is 0 Å². The number of hydrogen-bond acceptors (Lipinski definition) is 3. The van der Waals surface area contributed by atoms with Crippen LogP contribution in [0.4, 0.5) is 4.39 Å². The summed E-state index contributed by atoms with van der Waals surface area (Å²) in [7, 11) is 0. The van der Waals surface area contributed by atoms with Gasteiger partial charge in [-0.05, 0) is 36.5 Å². The predicted octanol–water partition coefficient (Wildman–Crippen LogP) is 3.62. The van der Waals surface area contributed by atoms with E-state index in [1.54, 1.807) is 12.1 Å². The summed E-state index contributed by atoms with van der Waals surface area (Å²) in [6, 6.07) is 7.23. The van der Waals surface area contributed by atoms with Crippen LogP contribution in [0.5, 0.6) is 0 Å². The summed E-state index contributed by atoms with van der Waals surface area (Å²) >= 11 is 0. The average Bonchev–Trinajstić information content (AvgIpc) is 3.43. The molecule has 1 aliphatic carbocycles. The van der Waals surface area contributed by atoms with Crippen LogP contribution in [0, 0.1) is 11.7 Å². The quantitative estimate of drug-likeness (QED) is 0.764. The Balaban J connectivity index is 1.50. The Bertz CT molecular complexity index is 812. The molecule has 2 aromatic rings. The highest BCUT2D eigenvalue weighted by Gasteiger charge is 2.32. The van der Waals surface area contributed by atoms with Crippen LogP contribution in [0.2, 0.25) is 0 Å². The Kier molecular flexibility index (Phi) is 5.49. The van der Waals surface area contributed by atoms with Crippen molar-refractivity contribution in [1.82, 2.24) is 19.4 Å². The number of aromatic nitrogens is 2. The summed E-state index contributed by atoms with van der Waals surface area (Å²) in [6.45, 7) is 7.33. The maximum Gasteiger partial charge on any atom is 0.224 e. The Morgan fingerprint density at radius 1 is 1.18 bits per heavy atom. The number of halogens is 1. The molecule has 1 atom stereocenters. The predicted molar refractivity (Wildman–Crippen MR) is 106 cm³/mol. The van der Waals surface area contributed by atoms with Gasteiger partial charge in [-0.15, -0.1) is 0 Å². The summed E-state index contributed by atoms with van der Waals surface area (Å²) in [5.74, 6) is 0.282. The molecule has 1 aromatic carbocycles. The molecular formula is C22H29FN4O. The maximum absolute atomic E-state index is 13.2. The largest absolute Gasteiger partial charge is 0.334 e. The lowest BCUT2D eigenvalue weighted by atomic mass is 10.0. The molecule has 1 saturated heterocycles. The van der Waals surface area contributed by atoms with E-state index in [0.29, 0.717) is 24.9 Å². The monoisotopic (exact) mass is 384 g/mol. The van der Waals surface area contributed by atoms with E-state index in [1.807, 2.05) is 17.4 Å². The van der Waals surface area contributed by atoms with Crippen molar-refractivity contribution in [2.75, 3.05) is 13.1 Å². The molecule has 6 heteroatoms. The summed E-state index contributed by atoms with van der Waals surface area (Å²) in [5, 5.41) is 0. The van der Waals surface area contributed by atoms with E-state index in [2.05, 4.69) is 28.3 Å². The number of imidazole rings is 1. The lowest BCUT2D eigenvalue weighted by Crippen LogP contribution is -2.45. The molecule has 2 aliphatic rings. The fourth-order valence-corrected chi connectivity index (χ4v) is 4.11. The van der Waals surface area contributed by atoms with Crippen molar-refractivity contribution in [3.63, 3.8) is 0 Å². The maximum atomic E-state index is 13.2. The zero-order valence-corrected chi connectivity index (χ0v) is 16.7. The number of carbonyl (C=O) groups is 1. The van der Waals surface area contributed by atoms with Gasteiger partial charge in [-0.3, -0.25) is 9.69 Å². The van der Waals surface area contributed by atoms with E-state index in [9.17, 15) is 9.18 Å². The molecule has 1 amide bonds. The second-order valence-electron chi connectivity index (χ2n) is 8.47. The summed E-state index contributed by atoms with van der Waals surface area (Å²) < 4.78 is 15.5. The molecule has 1 aromatic heterocycles. The zero-order chi connectivity index (χ0) is 19.7. The number of nitrogens with zero attached hydrogens (tertiary/aromatic N) is 4. The molecular weight excluding hydrogens is 355 g/mol. The molecule has 0 spiro atoms. The normalized spacial score (nSPS) is 21.4. The Hall–Kier alpha value is -2.21. The molecule has 1 unspecified atom stereocenters. The van der Waals surface area contributed by atoms with Gasteiger partial charge in [0.2, 0.25) is 5.91 Å². The van der Waals surface area contributed by atoms with Crippen molar-refractivity contribution in [2.24, 2.45) is 5.92 Å². The van der Waals surface area contributed by atoms with Crippen molar-refractivity contribution in [3.05, 3.63) is 53.9 Å². The third-order valence-electron chi connectivity index (χ3n) is 5.92. The molecule has 2 fully saturated rings. The first-order valence-electron chi connectivity index (χ1n) is 10.3. The van der Waals surface area contributed by atoms with Gasteiger partial charge < -0.3 is 9.47 Å². The Labute approximate surface area is 166 Å². The van der Waals surface area contributed by atoms with E-state index in [-0.39, 0.29) is 17.8 Å². The first kappa shape index (κ1) is 19.1. The second-order valence-corrected chi connectivity index (χ2v) is 8.47. The zero-order valence-electron chi connectivity index (χ0n) is 16.7. The summed E-state index contributed by atoms with van der Waals surface area (Å²) in [6.07, 6.45) is 6.90. The van der Waals surface area contributed by atoms with Crippen LogP contribution in [0.1, 0.15) is 50.4 Å². The lowest BCUT2D eigenvalue weighted by Gasteiger charge is -2.35. The second kappa shape index (κ2) is 8.03. The minimum absolute atomic E-state index is 0.136. The molecule has 1 aliphatic heterocycles. The van der Waals surface area contributed by atoms with Gasteiger partial charge in [0.25, 0.3) is 0 Å². The van der Waals surface area contributed by atoms with E-state index in [1.165, 1.54) is 30.7 Å². The van der Waals surface area contributed by atoms with Crippen molar-refractivity contribution >= 4 is 5.91 Å². The van der Waals surface area contributed by atoms with Crippen molar-refractivity contribution < 1.29 is 9.18 Å². The van der Waals surface area contributed by atoms with Crippen molar-refractivity contribution in [3.8, 4) is 0 Å². The number of rotatable bonds is 6. The van der Waals surface area contributed by atoms with Gasteiger partial charge in [-0.25, -0.2) is 9.37 Å². The van der Waals surface area contributed by atoms with Crippen molar-refractivity contribution in [1.29, 1.82) is 0 Å². The molecule has 5 nitrogen and oxygen atoms in total. The van der Waals surface area contributed by atoms with Gasteiger partial charge in [0.1, 0.15) is 5.82 Å². The van der Waals surface area contributed by atoms with Gasteiger partial charge >= 0.3 is 0 Å². The van der Waals surface area contributed by atoms with Crippen LogP contribution in [0.15, 0.2) is 36.8 Å². The molecule has 0 bridgehead atoms. The van der Waals surface area contributed by atoms with Gasteiger partial charge in [-0.1, -0.05) is 26.0 Å². The minimum Gasteiger partial charge on any atom is -0.334 e. The highest BCUT2D eigenvalue weighted by Crippen LogP contribution is 2.36. The number of amides is 1. The topological polar surface area (TPSA) is 41.4 Å². The highest BCUT2D eigenvalue weighted by molar-refractivity contribution is 5.77. The molecule has 150 valence electrons. The van der Waals surface area contributed by atoms with Crippen LogP contribution < -0.4 is 0 Å². The first-order chi connectivity index (χ1) is 13.5. The van der Waals surface area contributed by atoms with Gasteiger partial charge in [-0.2, -0.15) is 0 Å². The lowest BCUT2D eigenvalue weighted by molar-refractivity contribution is -0.134. The molecule has 2 heterocycles. The molecule has 0 radical (unpaired) electrons. The van der Waals surface area contributed by atoms with E-state index in [4.69, 9.17) is 0 Å². The van der Waals surface area contributed by atoms with Crippen LogP contribution in [0.3, 0.4) is 0 Å². The SMILES string of the molecule is CC(C)C1CN(Cc2cncn2C2CC2)CCC(=O)N1Cc1ccc(F)cc1. The molecule has 4 rings (SSSR count). The minimum atomic E-state index is -0.246. The van der Waals surface area contributed by atoms with Crippen LogP contribution in [-0.2, 0) is 17.9 Å². The van der Waals surface area contributed by atoms with Crippen molar-refractivity contribution in [2.45, 2.75) is 58.3 Å². The van der Waals surface area contributed by atoms with Crippen LogP contribution in [-0.4, -0.2) is 44.4 Å². The molecule has 1 saturated carbocycles. The van der Waals surface area contributed by atoms with E-state index in [0.717, 1.165) is 25.2 Å². The van der Waals surface area contributed by atoms with Gasteiger partial charge in [0, 0.05) is 50.9 Å². The van der Waals surface area contributed by atoms with Gasteiger partial charge in [0.05, 0.1) is 12.0 Å².